The Morgan fingerprint density at radius 1 is 1.25 bits per heavy atom. The van der Waals surface area contributed by atoms with E-state index in [1.54, 1.807) is 23.1 Å². The first-order valence-corrected chi connectivity index (χ1v) is 8.89. The fourth-order valence-electron chi connectivity index (χ4n) is 2.71. The van der Waals surface area contributed by atoms with E-state index in [0.717, 1.165) is 19.3 Å². The van der Waals surface area contributed by atoms with Crippen molar-refractivity contribution in [2.24, 2.45) is 0 Å². The molecular weight excluding hydrogens is 347 g/mol. The number of amides is 2. The number of carbonyl (C=O) groups excluding carboxylic acids is 2. The molecule has 0 unspecified atom stereocenters. The molecule has 0 aromatic heterocycles. The molecule has 1 aromatic rings. The van der Waals surface area contributed by atoms with E-state index in [0.29, 0.717) is 22.3 Å². The maximum Gasteiger partial charge on any atom is 0.244 e. The fraction of sp³-hybridized carbons (Fsp3) is 0.444. The van der Waals surface area contributed by atoms with Crippen molar-refractivity contribution in [3.05, 3.63) is 39.9 Å². The van der Waals surface area contributed by atoms with Gasteiger partial charge >= 0.3 is 0 Å². The van der Waals surface area contributed by atoms with Gasteiger partial charge in [-0.1, -0.05) is 34.9 Å². The normalized spacial score (nSPS) is 14.0. The second-order valence-corrected chi connectivity index (χ2v) is 6.81. The van der Waals surface area contributed by atoms with E-state index in [2.05, 4.69) is 11.4 Å². The first kappa shape index (κ1) is 18.8. The highest BCUT2D eigenvalue weighted by molar-refractivity contribution is 6.36. The number of halogens is 2. The van der Waals surface area contributed by atoms with Crippen LogP contribution in [0, 0.1) is 0 Å². The third-order valence-electron chi connectivity index (χ3n) is 4.07. The molecule has 1 aromatic carbocycles. The molecule has 1 aliphatic carbocycles. The molecule has 130 valence electrons. The van der Waals surface area contributed by atoms with Gasteiger partial charge in [0.2, 0.25) is 11.8 Å². The molecule has 0 aliphatic heterocycles. The zero-order chi connectivity index (χ0) is 17.5. The first-order valence-electron chi connectivity index (χ1n) is 8.14. The number of hydrogen-bond acceptors (Lipinski definition) is 2. The highest BCUT2D eigenvalue weighted by Crippen LogP contribution is 2.25. The van der Waals surface area contributed by atoms with Gasteiger partial charge in [0.05, 0.1) is 17.3 Å². The number of benzene rings is 1. The van der Waals surface area contributed by atoms with Gasteiger partial charge in [-0.15, -0.1) is 0 Å². The molecule has 0 saturated heterocycles. The lowest BCUT2D eigenvalue weighted by molar-refractivity contribution is -0.132. The number of carbonyl (C=O) groups is 2. The summed E-state index contributed by atoms with van der Waals surface area (Å²) < 4.78 is 0. The van der Waals surface area contributed by atoms with Crippen LogP contribution in [-0.2, 0) is 9.59 Å². The Hall–Kier alpha value is -1.52. The average Bonchev–Trinajstić information content (AvgIpc) is 2.55. The number of anilines is 1. The highest BCUT2D eigenvalue weighted by atomic mass is 35.5. The largest absolute Gasteiger partial charge is 0.333 e. The van der Waals surface area contributed by atoms with Gasteiger partial charge in [0.25, 0.3) is 0 Å². The summed E-state index contributed by atoms with van der Waals surface area (Å²) in [5, 5.41) is 3.60. The molecule has 0 heterocycles. The third-order valence-corrected chi connectivity index (χ3v) is 4.62. The van der Waals surface area contributed by atoms with Gasteiger partial charge in [-0.2, -0.15) is 0 Å². The topological polar surface area (TPSA) is 49.4 Å². The summed E-state index contributed by atoms with van der Waals surface area (Å²) >= 11 is 11.9. The molecule has 1 N–H and O–H groups in total. The lowest BCUT2D eigenvalue weighted by atomic mass is 9.97. The number of nitrogens with zero attached hydrogens (tertiary/aromatic N) is 1. The molecule has 24 heavy (non-hydrogen) atoms. The van der Waals surface area contributed by atoms with E-state index in [1.807, 2.05) is 0 Å². The van der Waals surface area contributed by atoms with E-state index in [-0.39, 0.29) is 18.4 Å². The van der Waals surface area contributed by atoms with Crippen molar-refractivity contribution in [3.8, 4) is 0 Å². The molecule has 0 bridgehead atoms. The molecule has 0 fully saturated rings. The second kappa shape index (κ2) is 9.09. The SMILES string of the molecule is CC(=O)N(CCC1=CCCCC1)CC(=O)Nc1ccc(Cl)cc1Cl. The Morgan fingerprint density at radius 3 is 2.67 bits per heavy atom. The van der Waals surface area contributed by atoms with Gasteiger partial charge in [0.15, 0.2) is 0 Å². The minimum absolute atomic E-state index is 0.0154. The summed E-state index contributed by atoms with van der Waals surface area (Å²) in [5.41, 5.74) is 1.87. The molecule has 2 rings (SSSR count). The number of rotatable bonds is 6. The number of allylic oxidation sites excluding steroid dienone is 1. The maximum absolute atomic E-state index is 12.2. The quantitative estimate of drug-likeness (QED) is 0.741. The molecule has 0 radical (unpaired) electrons. The van der Waals surface area contributed by atoms with Crippen molar-refractivity contribution in [1.29, 1.82) is 0 Å². The monoisotopic (exact) mass is 368 g/mol. The average molecular weight is 369 g/mol. The summed E-state index contributed by atoms with van der Waals surface area (Å²) in [6.07, 6.45) is 7.75. The van der Waals surface area contributed by atoms with Gasteiger partial charge < -0.3 is 10.2 Å². The Kier molecular flexibility index (Phi) is 7.13. The van der Waals surface area contributed by atoms with Crippen molar-refractivity contribution >= 4 is 40.7 Å². The summed E-state index contributed by atoms with van der Waals surface area (Å²) in [6.45, 7) is 2.06. The Labute approximate surface area is 152 Å². The van der Waals surface area contributed by atoms with E-state index in [1.165, 1.54) is 25.3 Å². The van der Waals surface area contributed by atoms with Gasteiger partial charge in [0, 0.05) is 18.5 Å². The van der Waals surface area contributed by atoms with Crippen molar-refractivity contribution in [1.82, 2.24) is 4.90 Å². The van der Waals surface area contributed by atoms with Crippen LogP contribution in [0.5, 0.6) is 0 Å². The minimum atomic E-state index is -0.271. The predicted octanol–water partition coefficient (Wildman–Crippen LogP) is 4.67. The summed E-state index contributed by atoms with van der Waals surface area (Å²) in [7, 11) is 0. The molecule has 6 heteroatoms. The highest BCUT2D eigenvalue weighted by Gasteiger charge is 2.15. The molecule has 0 saturated carbocycles. The molecule has 0 spiro atoms. The van der Waals surface area contributed by atoms with Crippen LogP contribution in [0.3, 0.4) is 0 Å². The number of nitrogens with one attached hydrogen (secondary N) is 1. The van der Waals surface area contributed by atoms with Gasteiger partial charge in [-0.25, -0.2) is 0 Å². The standard InChI is InChI=1S/C18H22Cl2N2O2/c1-13(23)22(10-9-14-5-3-2-4-6-14)12-18(24)21-17-8-7-15(19)11-16(17)20/h5,7-8,11H,2-4,6,9-10,12H2,1H3,(H,21,24). The summed E-state index contributed by atoms with van der Waals surface area (Å²) in [6, 6.07) is 4.87. The summed E-state index contributed by atoms with van der Waals surface area (Å²) in [5.74, 6) is -0.379. The van der Waals surface area contributed by atoms with E-state index < -0.39 is 0 Å². The van der Waals surface area contributed by atoms with Crippen LogP contribution in [-0.4, -0.2) is 29.8 Å². The fourth-order valence-corrected chi connectivity index (χ4v) is 3.17. The lowest BCUT2D eigenvalue weighted by Gasteiger charge is -2.22. The second-order valence-electron chi connectivity index (χ2n) is 5.97. The van der Waals surface area contributed by atoms with Gasteiger partial charge in [-0.05, 0) is 50.3 Å². The Bertz CT molecular complexity index is 644. The Morgan fingerprint density at radius 2 is 2.04 bits per heavy atom. The zero-order valence-corrected chi connectivity index (χ0v) is 15.3. The van der Waals surface area contributed by atoms with Crippen molar-refractivity contribution in [2.45, 2.75) is 39.0 Å². The van der Waals surface area contributed by atoms with Crippen molar-refractivity contribution in [3.63, 3.8) is 0 Å². The zero-order valence-electron chi connectivity index (χ0n) is 13.8. The third kappa shape index (κ3) is 5.84. The molecule has 4 nitrogen and oxygen atoms in total. The van der Waals surface area contributed by atoms with E-state index >= 15 is 0 Å². The van der Waals surface area contributed by atoms with Crippen LogP contribution >= 0.6 is 23.2 Å². The maximum atomic E-state index is 12.2. The van der Waals surface area contributed by atoms with E-state index in [9.17, 15) is 9.59 Å². The minimum Gasteiger partial charge on any atom is -0.333 e. The van der Waals surface area contributed by atoms with Crippen LogP contribution in [0.4, 0.5) is 5.69 Å². The first-order chi connectivity index (χ1) is 11.5. The van der Waals surface area contributed by atoms with Crippen LogP contribution in [0.15, 0.2) is 29.8 Å². The van der Waals surface area contributed by atoms with Crippen molar-refractivity contribution in [2.75, 3.05) is 18.4 Å². The molecule has 2 amide bonds. The smallest absolute Gasteiger partial charge is 0.244 e. The lowest BCUT2D eigenvalue weighted by Crippen LogP contribution is -2.37. The molecule has 1 aliphatic rings. The van der Waals surface area contributed by atoms with Crippen LogP contribution < -0.4 is 5.32 Å². The van der Waals surface area contributed by atoms with Crippen LogP contribution in [0.25, 0.3) is 0 Å². The van der Waals surface area contributed by atoms with Gasteiger partial charge in [0.1, 0.15) is 0 Å². The molecular formula is C18H22Cl2N2O2. The van der Waals surface area contributed by atoms with Crippen molar-refractivity contribution < 1.29 is 9.59 Å². The van der Waals surface area contributed by atoms with Crippen LogP contribution in [0.1, 0.15) is 39.0 Å². The van der Waals surface area contributed by atoms with E-state index in [4.69, 9.17) is 23.2 Å². The number of hydrogen-bond donors (Lipinski definition) is 1. The predicted molar refractivity (Wildman–Crippen MR) is 98.5 cm³/mol. The van der Waals surface area contributed by atoms with Crippen LogP contribution in [0.2, 0.25) is 10.0 Å². The molecule has 0 atom stereocenters. The summed E-state index contributed by atoms with van der Waals surface area (Å²) in [4.78, 5) is 25.6. The Balaban J connectivity index is 1.90. The van der Waals surface area contributed by atoms with Gasteiger partial charge in [-0.3, -0.25) is 9.59 Å².